The molecule has 4 nitrogen and oxygen atoms in total. The van der Waals surface area contributed by atoms with Crippen LogP contribution in [-0.4, -0.2) is 17.3 Å². The molecule has 0 spiro atoms. The van der Waals surface area contributed by atoms with Crippen LogP contribution in [0.4, 0.5) is 5.82 Å². The fourth-order valence-corrected chi connectivity index (χ4v) is 2.52. The Morgan fingerprint density at radius 2 is 2.09 bits per heavy atom. The molecule has 2 rings (SSSR count). The van der Waals surface area contributed by atoms with Gasteiger partial charge in [0.2, 0.25) is 0 Å². The topological polar surface area (TPSA) is 65.8 Å². The summed E-state index contributed by atoms with van der Waals surface area (Å²) in [6.45, 7) is 6.58. The van der Waals surface area contributed by atoms with Crippen molar-refractivity contribution in [3.8, 4) is 6.07 Å². The fourth-order valence-electron chi connectivity index (χ4n) is 2.52. The molecular formula is C18H21N3O. The van der Waals surface area contributed by atoms with E-state index in [4.69, 9.17) is 0 Å². The summed E-state index contributed by atoms with van der Waals surface area (Å²) in [5.74, 6) is 0.865. The van der Waals surface area contributed by atoms with Gasteiger partial charge in [-0.3, -0.25) is 4.79 Å². The first-order valence-electron chi connectivity index (χ1n) is 7.62. The van der Waals surface area contributed by atoms with E-state index in [0.717, 1.165) is 28.5 Å². The van der Waals surface area contributed by atoms with Crippen molar-refractivity contribution in [1.29, 1.82) is 5.26 Å². The number of fused-ring (bicyclic) bond motifs is 1. The Balaban J connectivity index is 2.22. The number of Topliss-reactive ketones (excluding diaryl/α,β-unsaturated/α-hetero) is 1. The molecule has 1 heterocycles. The van der Waals surface area contributed by atoms with E-state index in [1.54, 1.807) is 0 Å². The Kier molecular flexibility index (Phi) is 5.11. The number of carbonyl (C=O) groups excluding carboxylic acids is 1. The molecule has 0 saturated carbocycles. The number of anilines is 1. The summed E-state index contributed by atoms with van der Waals surface area (Å²) in [5, 5.41) is 13.5. The highest BCUT2D eigenvalue weighted by molar-refractivity contribution is 5.86. The van der Waals surface area contributed by atoms with Crippen LogP contribution in [-0.2, 0) is 4.79 Å². The summed E-state index contributed by atoms with van der Waals surface area (Å²) in [7, 11) is 0. The smallest absolute Gasteiger partial charge is 0.144 e. The Labute approximate surface area is 131 Å². The van der Waals surface area contributed by atoms with Crippen LogP contribution in [0.15, 0.2) is 18.2 Å². The number of hydrogen-bond donors (Lipinski definition) is 1. The third kappa shape index (κ3) is 3.62. The van der Waals surface area contributed by atoms with Crippen LogP contribution in [0.1, 0.15) is 42.9 Å². The first kappa shape index (κ1) is 16.0. The van der Waals surface area contributed by atoms with Crippen molar-refractivity contribution in [3.63, 3.8) is 0 Å². The zero-order valence-electron chi connectivity index (χ0n) is 13.4. The van der Waals surface area contributed by atoms with E-state index in [9.17, 15) is 10.1 Å². The molecule has 114 valence electrons. The van der Waals surface area contributed by atoms with Crippen molar-refractivity contribution < 1.29 is 4.79 Å². The van der Waals surface area contributed by atoms with E-state index >= 15 is 0 Å². The SMILES string of the molecule is CCC(=O)CCCNc1nc2cc(C)cc(C)c2cc1C#N. The maximum Gasteiger partial charge on any atom is 0.144 e. The lowest BCUT2D eigenvalue weighted by Gasteiger charge is -2.10. The number of nitriles is 1. The average Bonchev–Trinajstić information content (AvgIpc) is 2.50. The van der Waals surface area contributed by atoms with Gasteiger partial charge in [0.1, 0.15) is 17.7 Å². The van der Waals surface area contributed by atoms with Gasteiger partial charge in [0.15, 0.2) is 0 Å². The summed E-state index contributed by atoms with van der Waals surface area (Å²) in [4.78, 5) is 15.9. The van der Waals surface area contributed by atoms with Gasteiger partial charge >= 0.3 is 0 Å². The van der Waals surface area contributed by atoms with Crippen molar-refractivity contribution in [2.24, 2.45) is 0 Å². The largest absolute Gasteiger partial charge is 0.369 e. The van der Waals surface area contributed by atoms with E-state index in [0.29, 0.717) is 30.8 Å². The number of pyridine rings is 1. The molecule has 0 unspecified atom stereocenters. The number of nitrogens with one attached hydrogen (secondary N) is 1. The molecular weight excluding hydrogens is 274 g/mol. The minimum Gasteiger partial charge on any atom is -0.369 e. The van der Waals surface area contributed by atoms with Crippen molar-refractivity contribution in [1.82, 2.24) is 4.98 Å². The average molecular weight is 295 g/mol. The monoisotopic (exact) mass is 295 g/mol. The van der Waals surface area contributed by atoms with Crippen LogP contribution in [0.5, 0.6) is 0 Å². The summed E-state index contributed by atoms with van der Waals surface area (Å²) in [6, 6.07) is 8.20. The molecule has 0 radical (unpaired) electrons. The van der Waals surface area contributed by atoms with Gasteiger partial charge in [0, 0.05) is 24.8 Å². The molecule has 1 aromatic heterocycles. The van der Waals surface area contributed by atoms with E-state index in [2.05, 4.69) is 22.4 Å². The molecule has 4 heteroatoms. The highest BCUT2D eigenvalue weighted by atomic mass is 16.1. The maximum atomic E-state index is 11.3. The van der Waals surface area contributed by atoms with Gasteiger partial charge in [0.25, 0.3) is 0 Å². The zero-order chi connectivity index (χ0) is 16.1. The van der Waals surface area contributed by atoms with Gasteiger partial charge < -0.3 is 5.32 Å². The predicted molar refractivity (Wildman–Crippen MR) is 89.0 cm³/mol. The summed E-state index contributed by atoms with van der Waals surface area (Å²) >= 11 is 0. The molecule has 0 bridgehead atoms. The number of aromatic nitrogens is 1. The number of ketones is 1. The molecule has 0 amide bonds. The molecule has 0 fully saturated rings. The molecule has 0 aliphatic heterocycles. The lowest BCUT2D eigenvalue weighted by atomic mass is 10.0. The number of carbonyl (C=O) groups is 1. The van der Waals surface area contributed by atoms with Crippen LogP contribution in [0.3, 0.4) is 0 Å². The quantitative estimate of drug-likeness (QED) is 0.821. The van der Waals surface area contributed by atoms with Crippen LogP contribution in [0.2, 0.25) is 0 Å². The predicted octanol–water partition coefficient (Wildman–Crippen LogP) is 3.89. The first-order chi connectivity index (χ1) is 10.5. The Morgan fingerprint density at radius 1 is 1.32 bits per heavy atom. The van der Waals surface area contributed by atoms with Gasteiger partial charge in [-0.05, 0) is 43.5 Å². The van der Waals surface area contributed by atoms with Gasteiger partial charge in [-0.1, -0.05) is 13.0 Å². The molecule has 0 saturated heterocycles. The van der Waals surface area contributed by atoms with Crippen LogP contribution in [0, 0.1) is 25.2 Å². The van der Waals surface area contributed by atoms with Crippen LogP contribution in [0.25, 0.3) is 10.9 Å². The van der Waals surface area contributed by atoms with E-state index < -0.39 is 0 Å². The molecule has 0 atom stereocenters. The molecule has 2 aromatic rings. The van der Waals surface area contributed by atoms with E-state index in [-0.39, 0.29) is 5.78 Å². The van der Waals surface area contributed by atoms with Gasteiger partial charge in [-0.25, -0.2) is 4.98 Å². The first-order valence-corrected chi connectivity index (χ1v) is 7.62. The molecule has 1 aromatic carbocycles. The lowest BCUT2D eigenvalue weighted by Crippen LogP contribution is -2.08. The molecule has 0 aliphatic rings. The zero-order valence-corrected chi connectivity index (χ0v) is 13.4. The normalized spacial score (nSPS) is 10.5. The number of benzene rings is 1. The number of aryl methyl sites for hydroxylation is 2. The third-order valence-corrected chi connectivity index (χ3v) is 3.73. The second kappa shape index (κ2) is 7.04. The Morgan fingerprint density at radius 3 is 2.77 bits per heavy atom. The molecule has 22 heavy (non-hydrogen) atoms. The van der Waals surface area contributed by atoms with Crippen LogP contribution < -0.4 is 5.32 Å². The Hall–Kier alpha value is -2.41. The maximum absolute atomic E-state index is 11.3. The summed E-state index contributed by atoms with van der Waals surface area (Å²) in [6.07, 6.45) is 1.90. The van der Waals surface area contributed by atoms with Gasteiger partial charge in [-0.2, -0.15) is 5.26 Å². The number of rotatable bonds is 6. The molecule has 1 N–H and O–H groups in total. The van der Waals surface area contributed by atoms with E-state index in [1.807, 2.05) is 32.9 Å². The summed E-state index contributed by atoms with van der Waals surface area (Å²) < 4.78 is 0. The van der Waals surface area contributed by atoms with Crippen molar-refractivity contribution in [3.05, 3.63) is 34.9 Å². The van der Waals surface area contributed by atoms with Crippen molar-refractivity contribution >= 4 is 22.5 Å². The lowest BCUT2D eigenvalue weighted by molar-refractivity contribution is -0.118. The Bertz CT molecular complexity index is 744. The highest BCUT2D eigenvalue weighted by Crippen LogP contribution is 2.24. The van der Waals surface area contributed by atoms with Crippen molar-refractivity contribution in [2.75, 3.05) is 11.9 Å². The van der Waals surface area contributed by atoms with Crippen molar-refractivity contribution in [2.45, 2.75) is 40.0 Å². The second-order valence-electron chi connectivity index (χ2n) is 5.57. The number of nitrogens with zero attached hydrogens (tertiary/aromatic N) is 2. The molecule has 0 aliphatic carbocycles. The van der Waals surface area contributed by atoms with E-state index in [1.165, 1.54) is 0 Å². The van der Waals surface area contributed by atoms with Gasteiger partial charge in [0.05, 0.1) is 11.1 Å². The standard InChI is InChI=1S/C18H21N3O/c1-4-15(22)6-5-7-20-18-14(11-19)10-16-13(3)8-12(2)9-17(16)21-18/h8-10H,4-7H2,1-3H3,(H,20,21). The number of hydrogen-bond acceptors (Lipinski definition) is 4. The second-order valence-corrected chi connectivity index (χ2v) is 5.57. The minimum absolute atomic E-state index is 0.264. The van der Waals surface area contributed by atoms with Crippen LogP contribution >= 0.6 is 0 Å². The van der Waals surface area contributed by atoms with Gasteiger partial charge in [-0.15, -0.1) is 0 Å². The summed E-state index contributed by atoms with van der Waals surface area (Å²) in [5.41, 5.74) is 3.71. The highest BCUT2D eigenvalue weighted by Gasteiger charge is 2.09. The fraction of sp³-hybridized carbons (Fsp3) is 0.389. The minimum atomic E-state index is 0.264. The third-order valence-electron chi connectivity index (χ3n) is 3.73.